The molecule has 3 aromatic rings. The summed E-state index contributed by atoms with van der Waals surface area (Å²) < 4.78 is 0. The Morgan fingerprint density at radius 3 is 2.47 bits per heavy atom. The molecule has 2 aromatic carbocycles. The highest BCUT2D eigenvalue weighted by Crippen LogP contribution is 2.39. The van der Waals surface area contributed by atoms with E-state index in [2.05, 4.69) is 17.4 Å². The summed E-state index contributed by atoms with van der Waals surface area (Å²) in [5.41, 5.74) is 4.08. The Kier molecular flexibility index (Phi) is 6.14. The third-order valence-corrected chi connectivity index (χ3v) is 7.00. The molecule has 0 atom stereocenters. The predicted octanol–water partition coefficient (Wildman–Crippen LogP) is 5.92. The molecule has 4 nitrogen and oxygen atoms in total. The third-order valence-electron chi connectivity index (χ3n) is 5.18. The number of nitrogens with one attached hydrogen (secondary N) is 1. The minimum Gasteiger partial charge on any atom is -0.329 e. The normalized spacial score (nSPS) is 12.1. The van der Waals surface area contributed by atoms with Gasteiger partial charge in [0.05, 0.1) is 20.6 Å². The lowest BCUT2D eigenvalue weighted by Gasteiger charge is -2.20. The van der Waals surface area contributed by atoms with E-state index < -0.39 is 0 Å². The number of halogens is 2. The number of hydrogen-bond acceptors (Lipinski definition) is 3. The number of thiophene rings is 1. The summed E-state index contributed by atoms with van der Waals surface area (Å²) in [6.07, 6.45) is 1.90. The standard InChI is InChI=1S/C23H20Cl2N2O2S/c1-2-27(13-20(28)26-21-17(24)8-5-9-18(21)25)23(29)19-12-15-11-10-14-6-3-4-7-16(14)22(15)30-19/h3-9,12H,2,10-11,13H2,1H3,(H,26,28). The van der Waals surface area contributed by atoms with Gasteiger partial charge in [-0.15, -0.1) is 11.3 Å². The van der Waals surface area contributed by atoms with Crippen LogP contribution in [-0.2, 0) is 17.6 Å². The first-order valence-electron chi connectivity index (χ1n) is 9.72. The van der Waals surface area contributed by atoms with E-state index in [1.165, 1.54) is 32.9 Å². The van der Waals surface area contributed by atoms with Gasteiger partial charge in [-0.25, -0.2) is 0 Å². The van der Waals surface area contributed by atoms with E-state index >= 15 is 0 Å². The van der Waals surface area contributed by atoms with Crippen molar-refractivity contribution in [2.75, 3.05) is 18.4 Å². The van der Waals surface area contributed by atoms with Crippen LogP contribution in [0.15, 0.2) is 48.5 Å². The van der Waals surface area contributed by atoms with Crippen LogP contribution < -0.4 is 5.32 Å². The first-order chi connectivity index (χ1) is 14.5. The van der Waals surface area contributed by atoms with Crippen molar-refractivity contribution in [2.24, 2.45) is 0 Å². The summed E-state index contributed by atoms with van der Waals surface area (Å²) in [6, 6.07) is 15.3. The van der Waals surface area contributed by atoms with Crippen LogP contribution in [0.1, 0.15) is 27.7 Å². The molecular weight excluding hydrogens is 439 g/mol. The maximum atomic E-state index is 13.1. The van der Waals surface area contributed by atoms with Gasteiger partial charge in [0, 0.05) is 11.4 Å². The fourth-order valence-electron chi connectivity index (χ4n) is 3.63. The molecule has 0 bridgehead atoms. The quantitative estimate of drug-likeness (QED) is 0.515. The van der Waals surface area contributed by atoms with Gasteiger partial charge in [0.2, 0.25) is 5.91 Å². The molecule has 154 valence electrons. The number of benzene rings is 2. The van der Waals surface area contributed by atoms with Crippen LogP contribution >= 0.6 is 34.5 Å². The number of amides is 2. The van der Waals surface area contributed by atoms with Gasteiger partial charge in [-0.2, -0.15) is 0 Å². The second-order valence-electron chi connectivity index (χ2n) is 7.09. The topological polar surface area (TPSA) is 49.4 Å². The molecule has 1 heterocycles. The molecule has 0 unspecified atom stereocenters. The van der Waals surface area contributed by atoms with E-state index in [9.17, 15) is 9.59 Å². The lowest BCUT2D eigenvalue weighted by Crippen LogP contribution is -2.37. The molecule has 0 saturated carbocycles. The summed E-state index contributed by atoms with van der Waals surface area (Å²) in [7, 11) is 0. The van der Waals surface area contributed by atoms with E-state index in [0.717, 1.165) is 17.7 Å². The molecule has 0 saturated heterocycles. The van der Waals surface area contributed by atoms with Crippen LogP contribution in [0.2, 0.25) is 10.0 Å². The average Bonchev–Trinajstić information content (AvgIpc) is 3.19. The first-order valence-corrected chi connectivity index (χ1v) is 11.3. The van der Waals surface area contributed by atoms with E-state index in [4.69, 9.17) is 23.2 Å². The van der Waals surface area contributed by atoms with Crippen molar-refractivity contribution in [3.05, 3.63) is 74.6 Å². The predicted molar refractivity (Wildman–Crippen MR) is 124 cm³/mol. The monoisotopic (exact) mass is 458 g/mol. The van der Waals surface area contributed by atoms with Crippen molar-refractivity contribution < 1.29 is 9.59 Å². The molecule has 1 N–H and O–H groups in total. The lowest BCUT2D eigenvalue weighted by atomic mass is 9.91. The summed E-state index contributed by atoms with van der Waals surface area (Å²) in [5.74, 6) is -0.485. The fraction of sp³-hybridized carbons (Fsp3) is 0.217. The molecule has 7 heteroatoms. The Morgan fingerprint density at radius 2 is 1.73 bits per heavy atom. The van der Waals surface area contributed by atoms with E-state index in [1.54, 1.807) is 18.2 Å². The smallest absolute Gasteiger partial charge is 0.264 e. The van der Waals surface area contributed by atoms with Gasteiger partial charge in [-0.1, -0.05) is 53.5 Å². The number of nitrogens with zero attached hydrogens (tertiary/aromatic N) is 1. The van der Waals surface area contributed by atoms with Gasteiger partial charge in [0.25, 0.3) is 5.91 Å². The zero-order chi connectivity index (χ0) is 21.3. The van der Waals surface area contributed by atoms with Gasteiger partial charge in [0.15, 0.2) is 0 Å². The molecule has 1 aliphatic carbocycles. The largest absolute Gasteiger partial charge is 0.329 e. The number of anilines is 1. The number of rotatable bonds is 5. The molecular formula is C23H20Cl2N2O2S. The Bertz CT molecular complexity index is 1110. The molecule has 2 amide bonds. The fourth-order valence-corrected chi connectivity index (χ4v) is 5.36. The minimum atomic E-state index is -0.341. The maximum absolute atomic E-state index is 13.1. The SMILES string of the molecule is CCN(CC(=O)Nc1c(Cl)cccc1Cl)C(=O)c1cc2c(s1)-c1ccccc1CC2. The molecule has 4 rings (SSSR count). The third kappa shape index (κ3) is 4.10. The first kappa shape index (κ1) is 20.9. The molecule has 1 aromatic heterocycles. The number of fused-ring (bicyclic) bond motifs is 3. The lowest BCUT2D eigenvalue weighted by molar-refractivity contribution is -0.116. The number of hydrogen-bond donors (Lipinski definition) is 1. The van der Waals surface area contributed by atoms with Crippen molar-refractivity contribution in [1.29, 1.82) is 0 Å². The van der Waals surface area contributed by atoms with Crippen molar-refractivity contribution in [1.82, 2.24) is 4.90 Å². The molecule has 0 spiro atoms. The van der Waals surface area contributed by atoms with Crippen molar-refractivity contribution in [3.8, 4) is 10.4 Å². The number of likely N-dealkylation sites (N-methyl/N-ethyl adjacent to an activating group) is 1. The van der Waals surface area contributed by atoms with Crippen molar-refractivity contribution in [3.63, 3.8) is 0 Å². The van der Waals surface area contributed by atoms with Crippen LogP contribution in [-0.4, -0.2) is 29.8 Å². The Labute approximate surface area is 189 Å². The average molecular weight is 459 g/mol. The molecule has 1 aliphatic rings. The molecule has 0 aliphatic heterocycles. The Balaban J connectivity index is 1.51. The highest BCUT2D eigenvalue weighted by molar-refractivity contribution is 7.17. The number of para-hydroxylation sites is 1. The highest BCUT2D eigenvalue weighted by atomic mass is 35.5. The summed E-state index contributed by atoms with van der Waals surface area (Å²) in [5, 5.41) is 3.43. The Morgan fingerprint density at radius 1 is 1.03 bits per heavy atom. The van der Waals surface area contributed by atoms with Crippen LogP contribution in [0, 0.1) is 0 Å². The number of aryl methyl sites for hydroxylation is 2. The second kappa shape index (κ2) is 8.80. The van der Waals surface area contributed by atoms with Gasteiger partial charge in [0.1, 0.15) is 6.54 Å². The summed E-state index contributed by atoms with van der Waals surface area (Å²) >= 11 is 13.7. The highest BCUT2D eigenvalue weighted by Gasteiger charge is 2.25. The number of carbonyl (C=O) groups excluding carboxylic acids is 2. The van der Waals surface area contributed by atoms with Crippen molar-refractivity contribution >= 4 is 52.0 Å². The number of carbonyl (C=O) groups is 2. The van der Waals surface area contributed by atoms with Crippen LogP contribution in [0.4, 0.5) is 5.69 Å². The van der Waals surface area contributed by atoms with Gasteiger partial charge >= 0.3 is 0 Å². The van der Waals surface area contributed by atoms with E-state index in [0.29, 0.717) is 27.2 Å². The van der Waals surface area contributed by atoms with Crippen LogP contribution in [0.5, 0.6) is 0 Å². The van der Waals surface area contributed by atoms with Crippen LogP contribution in [0.25, 0.3) is 10.4 Å². The Hall–Kier alpha value is -2.34. The van der Waals surface area contributed by atoms with Crippen LogP contribution in [0.3, 0.4) is 0 Å². The zero-order valence-corrected chi connectivity index (χ0v) is 18.7. The van der Waals surface area contributed by atoms with Gasteiger partial charge in [-0.05, 0) is 54.7 Å². The van der Waals surface area contributed by atoms with Gasteiger partial charge in [-0.3, -0.25) is 9.59 Å². The van der Waals surface area contributed by atoms with E-state index in [-0.39, 0.29) is 18.4 Å². The van der Waals surface area contributed by atoms with E-state index in [1.807, 2.05) is 25.1 Å². The summed E-state index contributed by atoms with van der Waals surface area (Å²) in [4.78, 5) is 29.0. The molecule has 30 heavy (non-hydrogen) atoms. The minimum absolute atomic E-state index is 0.0734. The zero-order valence-electron chi connectivity index (χ0n) is 16.4. The van der Waals surface area contributed by atoms with Crippen molar-refractivity contribution in [2.45, 2.75) is 19.8 Å². The summed E-state index contributed by atoms with van der Waals surface area (Å²) in [6.45, 7) is 2.20. The molecule has 0 fully saturated rings. The second-order valence-corrected chi connectivity index (χ2v) is 8.95. The van der Waals surface area contributed by atoms with Gasteiger partial charge < -0.3 is 10.2 Å². The molecule has 0 radical (unpaired) electrons. The maximum Gasteiger partial charge on any atom is 0.264 e.